The highest BCUT2D eigenvalue weighted by Gasteiger charge is 2.30. The van der Waals surface area contributed by atoms with Crippen LogP contribution in [0, 0.1) is 5.92 Å². The lowest BCUT2D eigenvalue weighted by atomic mass is 9.97. The Hall–Kier alpha value is -1.23. The molecule has 1 N–H and O–H groups in total. The lowest BCUT2D eigenvalue weighted by molar-refractivity contribution is -0.137. The average Bonchev–Trinajstić information content (AvgIpc) is 2.13. The summed E-state index contributed by atoms with van der Waals surface area (Å²) in [6.45, 7) is 3.74. The van der Waals surface area contributed by atoms with Gasteiger partial charge in [0.05, 0.1) is 5.56 Å². The van der Waals surface area contributed by atoms with Crippen molar-refractivity contribution in [2.45, 2.75) is 19.2 Å². The van der Waals surface area contributed by atoms with Gasteiger partial charge in [0.2, 0.25) is 0 Å². The average molecular weight is 245 g/mol. The van der Waals surface area contributed by atoms with Gasteiger partial charge < -0.3 is 10.1 Å². The van der Waals surface area contributed by atoms with Crippen molar-refractivity contribution in [2.75, 3.05) is 13.1 Å². The summed E-state index contributed by atoms with van der Waals surface area (Å²) in [5.41, 5.74) is -0.650. The summed E-state index contributed by atoms with van der Waals surface area (Å²) in [6, 6.07) is 4.82. The zero-order chi connectivity index (χ0) is 12.5. The number of alkyl halides is 3. The van der Waals surface area contributed by atoms with Crippen molar-refractivity contribution in [3.63, 3.8) is 0 Å². The van der Waals surface area contributed by atoms with Crippen molar-refractivity contribution in [2.24, 2.45) is 5.92 Å². The molecule has 1 aliphatic rings. The first-order valence-corrected chi connectivity index (χ1v) is 5.51. The van der Waals surface area contributed by atoms with E-state index in [-0.39, 0.29) is 6.10 Å². The monoisotopic (exact) mass is 245 g/mol. The van der Waals surface area contributed by atoms with E-state index in [2.05, 4.69) is 5.32 Å². The molecule has 17 heavy (non-hydrogen) atoms. The molecule has 0 amide bonds. The van der Waals surface area contributed by atoms with E-state index >= 15 is 0 Å². The lowest BCUT2D eigenvalue weighted by Gasteiger charge is -2.32. The molecule has 1 fully saturated rings. The maximum absolute atomic E-state index is 12.3. The Morgan fingerprint density at radius 2 is 1.82 bits per heavy atom. The second-order valence-corrected chi connectivity index (χ2v) is 4.26. The SMILES string of the molecule is CC(Oc1ccc(C(F)(F)F)cc1)C1CNC1. The summed E-state index contributed by atoms with van der Waals surface area (Å²) >= 11 is 0. The first kappa shape index (κ1) is 12.2. The number of rotatable bonds is 3. The number of benzene rings is 1. The van der Waals surface area contributed by atoms with Gasteiger partial charge in [-0.05, 0) is 31.2 Å². The molecule has 94 valence electrons. The van der Waals surface area contributed by atoms with Gasteiger partial charge in [-0.15, -0.1) is 0 Å². The molecule has 1 aromatic rings. The summed E-state index contributed by atoms with van der Waals surface area (Å²) in [5.74, 6) is 0.926. The number of nitrogens with one attached hydrogen (secondary N) is 1. The van der Waals surface area contributed by atoms with E-state index in [0.29, 0.717) is 11.7 Å². The van der Waals surface area contributed by atoms with E-state index in [1.165, 1.54) is 12.1 Å². The third-order valence-electron chi connectivity index (χ3n) is 2.98. The Balaban J connectivity index is 1.98. The van der Waals surface area contributed by atoms with Crippen molar-refractivity contribution < 1.29 is 17.9 Å². The van der Waals surface area contributed by atoms with Crippen LogP contribution in [0.25, 0.3) is 0 Å². The molecule has 1 aliphatic heterocycles. The van der Waals surface area contributed by atoms with E-state index < -0.39 is 11.7 Å². The lowest BCUT2D eigenvalue weighted by Crippen LogP contribution is -2.49. The fourth-order valence-electron chi connectivity index (χ4n) is 1.68. The van der Waals surface area contributed by atoms with Crippen LogP contribution in [-0.2, 0) is 6.18 Å². The normalized spacial score (nSPS) is 18.6. The number of ether oxygens (including phenoxy) is 1. The van der Waals surface area contributed by atoms with Crippen LogP contribution in [0.1, 0.15) is 12.5 Å². The van der Waals surface area contributed by atoms with E-state index in [1.54, 1.807) is 0 Å². The zero-order valence-corrected chi connectivity index (χ0v) is 9.42. The molecule has 1 aromatic carbocycles. The summed E-state index contributed by atoms with van der Waals surface area (Å²) in [4.78, 5) is 0. The van der Waals surface area contributed by atoms with Crippen LogP contribution in [0.4, 0.5) is 13.2 Å². The van der Waals surface area contributed by atoms with Crippen molar-refractivity contribution in [3.05, 3.63) is 29.8 Å². The van der Waals surface area contributed by atoms with Crippen LogP contribution in [0.15, 0.2) is 24.3 Å². The number of hydrogen-bond donors (Lipinski definition) is 1. The van der Waals surface area contributed by atoms with Gasteiger partial charge >= 0.3 is 6.18 Å². The van der Waals surface area contributed by atoms with Crippen LogP contribution >= 0.6 is 0 Å². The Morgan fingerprint density at radius 1 is 1.24 bits per heavy atom. The van der Waals surface area contributed by atoms with Gasteiger partial charge in [0, 0.05) is 19.0 Å². The Bertz CT molecular complexity index is 370. The Morgan fingerprint density at radius 3 is 2.24 bits per heavy atom. The molecule has 1 heterocycles. The molecule has 2 rings (SSSR count). The Kier molecular flexibility index (Phi) is 3.28. The van der Waals surface area contributed by atoms with Crippen molar-refractivity contribution >= 4 is 0 Å². The number of halogens is 3. The molecule has 0 radical (unpaired) electrons. The standard InChI is InChI=1S/C12H14F3NO/c1-8(9-6-16-7-9)17-11-4-2-10(3-5-11)12(13,14)15/h2-5,8-9,16H,6-7H2,1H3. The summed E-state index contributed by atoms with van der Waals surface area (Å²) < 4.78 is 42.6. The topological polar surface area (TPSA) is 21.3 Å². The van der Waals surface area contributed by atoms with Crippen molar-refractivity contribution in [1.82, 2.24) is 5.32 Å². The minimum atomic E-state index is -4.29. The molecule has 0 bridgehead atoms. The van der Waals surface area contributed by atoms with Gasteiger partial charge in [0.15, 0.2) is 0 Å². The third-order valence-corrected chi connectivity index (χ3v) is 2.98. The molecule has 0 spiro atoms. The van der Waals surface area contributed by atoms with Crippen molar-refractivity contribution in [3.8, 4) is 5.75 Å². The first-order chi connectivity index (χ1) is 7.97. The van der Waals surface area contributed by atoms with Gasteiger partial charge in [0.1, 0.15) is 11.9 Å². The highest BCUT2D eigenvalue weighted by Crippen LogP contribution is 2.30. The third kappa shape index (κ3) is 2.91. The van der Waals surface area contributed by atoms with Gasteiger partial charge in [-0.2, -0.15) is 13.2 Å². The minimum Gasteiger partial charge on any atom is -0.490 e. The van der Waals surface area contributed by atoms with Gasteiger partial charge in [0.25, 0.3) is 0 Å². The molecule has 5 heteroatoms. The predicted molar refractivity (Wildman–Crippen MR) is 57.9 cm³/mol. The van der Waals surface area contributed by atoms with Crippen LogP contribution in [0.2, 0.25) is 0 Å². The smallest absolute Gasteiger partial charge is 0.416 e. The molecular formula is C12H14F3NO. The molecular weight excluding hydrogens is 231 g/mol. The Labute approximate surface area is 97.8 Å². The fraction of sp³-hybridized carbons (Fsp3) is 0.500. The molecule has 0 aliphatic carbocycles. The molecule has 1 atom stereocenters. The van der Waals surface area contributed by atoms with Gasteiger partial charge in [-0.3, -0.25) is 0 Å². The number of hydrogen-bond acceptors (Lipinski definition) is 2. The maximum atomic E-state index is 12.3. The van der Waals surface area contributed by atoms with Crippen molar-refractivity contribution in [1.29, 1.82) is 0 Å². The molecule has 1 saturated heterocycles. The molecule has 0 saturated carbocycles. The highest BCUT2D eigenvalue weighted by atomic mass is 19.4. The van der Waals surface area contributed by atoms with Gasteiger partial charge in [-0.1, -0.05) is 0 Å². The van der Waals surface area contributed by atoms with E-state index in [0.717, 1.165) is 25.2 Å². The van der Waals surface area contributed by atoms with Gasteiger partial charge in [-0.25, -0.2) is 0 Å². The van der Waals surface area contributed by atoms with E-state index in [1.807, 2.05) is 6.92 Å². The molecule has 0 aromatic heterocycles. The second-order valence-electron chi connectivity index (χ2n) is 4.26. The maximum Gasteiger partial charge on any atom is 0.416 e. The summed E-state index contributed by atoms with van der Waals surface area (Å²) in [5, 5.41) is 3.13. The second kappa shape index (κ2) is 4.56. The fourth-order valence-corrected chi connectivity index (χ4v) is 1.68. The molecule has 2 nitrogen and oxygen atoms in total. The summed E-state index contributed by atoms with van der Waals surface area (Å²) in [7, 11) is 0. The largest absolute Gasteiger partial charge is 0.490 e. The zero-order valence-electron chi connectivity index (χ0n) is 9.42. The molecule has 1 unspecified atom stereocenters. The van der Waals surface area contributed by atoms with Crippen LogP contribution < -0.4 is 10.1 Å². The highest BCUT2D eigenvalue weighted by molar-refractivity contribution is 5.29. The predicted octanol–water partition coefficient (Wildman–Crippen LogP) is 2.69. The van der Waals surface area contributed by atoms with Crippen LogP contribution in [0.3, 0.4) is 0 Å². The van der Waals surface area contributed by atoms with Crippen LogP contribution in [0.5, 0.6) is 5.75 Å². The quantitative estimate of drug-likeness (QED) is 0.884. The minimum absolute atomic E-state index is 0.0213. The first-order valence-electron chi connectivity index (χ1n) is 5.51. The van der Waals surface area contributed by atoms with Crippen LogP contribution in [-0.4, -0.2) is 19.2 Å². The van der Waals surface area contributed by atoms with E-state index in [4.69, 9.17) is 4.74 Å². The van der Waals surface area contributed by atoms with E-state index in [9.17, 15) is 13.2 Å². The summed E-state index contributed by atoms with van der Waals surface area (Å²) in [6.07, 6.45) is -4.27.